The second-order valence-electron chi connectivity index (χ2n) is 8.98. The Morgan fingerprint density at radius 2 is 1.18 bits per heavy atom. The average molecular weight is 575 g/mol. The maximum atomic E-state index is 13.0. The highest BCUT2D eigenvalue weighted by Crippen LogP contribution is 2.04. The number of aliphatic hydroxyl groups excluding tert-OH is 1. The molecule has 0 spiro atoms. The number of nitrogens with two attached hydrogens (primary N) is 3. The molecule has 0 aliphatic heterocycles. The van der Waals surface area contributed by atoms with E-state index in [-0.39, 0.29) is 25.7 Å². The van der Waals surface area contributed by atoms with Crippen LogP contribution in [-0.2, 0) is 38.4 Å². The molecular weight excluding hydrogens is 536 g/mol. The SMILES string of the molecule is CC(C)C(NC(=O)CNC(=O)C(CCC(N)=O)NC(=O)C(CCC(N)=O)NC(=O)C(CO)NC(=O)CN)C(=O)O. The molecule has 0 rings (SSSR count). The lowest BCUT2D eigenvalue weighted by molar-refractivity contribution is -0.143. The molecule has 0 bridgehead atoms. The van der Waals surface area contributed by atoms with Crippen molar-refractivity contribution < 1.29 is 48.6 Å². The summed E-state index contributed by atoms with van der Waals surface area (Å²) in [4.78, 5) is 95.7. The first-order valence-corrected chi connectivity index (χ1v) is 12.2. The first kappa shape index (κ1) is 35.7. The Morgan fingerprint density at radius 1 is 0.700 bits per heavy atom. The van der Waals surface area contributed by atoms with Gasteiger partial charge in [-0.1, -0.05) is 13.8 Å². The zero-order chi connectivity index (χ0) is 31.0. The van der Waals surface area contributed by atoms with E-state index in [2.05, 4.69) is 26.6 Å². The summed E-state index contributed by atoms with van der Waals surface area (Å²) in [5, 5.41) is 29.7. The van der Waals surface area contributed by atoms with Gasteiger partial charge in [0.05, 0.1) is 19.7 Å². The number of aliphatic hydroxyl groups is 1. The van der Waals surface area contributed by atoms with E-state index in [0.717, 1.165) is 0 Å². The summed E-state index contributed by atoms with van der Waals surface area (Å²) >= 11 is 0. The topological polar surface area (TPSA) is 315 Å². The van der Waals surface area contributed by atoms with E-state index < -0.39 is 97.1 Å². The van der Waals surface area contributed by atoms with Crippen LogP contribution in [0.25, 0.3) is 0 Å². The molecule has 0 aliphatic carbocycles. The van der Waals surface area contributed by atoms with Crippen molar-refractivity contribution in [2.45, 2.75) is 63.7 Å². The second-order valence-corrected chi connectivity index (χ2v) is 8.98. The minimum Gasteiger partial charge on any atom is -0.480 e. The number of carbonyl (C=O) groups is 8. The van der Waals surface area contributed by atoms with Crippen molar-refractivity contribution in [2.75, 3.05) is 19.7 Å². The number of hydrogen-bond donors (Lipinski definition) is 10. The fraction of sp³-hybridized carbons (Fsp3) is 0.636. The van der Waals surface area contributed by atoms with Gasteiger partial charge in [-0.2, -0.15) is 0 Å². The van der Waals surface area contributed by atoms with Gasteiger partial charge in [0.15, 0.2) is 0 Å². The van der Waals surface area contributed by atoms with E-state index in [1.54, 1.807) is 13.8 Å². The quantitative estimate of drug-likeness (QED) is 0.0692. The Bertz CT molecular complexity index is 958. The van der Waals surface area contributed by atoms with E-state index in [9.17, 15) is 48.6 Å². The highest BCUT2D eigenvalue weighted by atomic mass is 16.4. The third-order valence-electron chi connectivity index (χ3n) is 5.32. The summed E-state index contributed by atoms with van der Waals surface area (Å²) in [5.41, 5.74) is 15.4. The molecule has 4 unspecified atom stereocenters. The Morgan fingerprint density at radius 3 is 1.57 bits per heavy atom. The van der Waals surface area contributed by atoms with E-state index in [1.807, 2.05) is 0 Å². The first-order valence-electron chi connectivity index (χ1n) is 12.2. The summed E-state index contributed by atoms with van der Waals surface area (Å²) in [6.45, 7) is 1.12. The molecule has 0 radical (unpaired) electrons. The second kappa shape index (κ2) is 18.1. The number of rotatable bonds is 19. The van der Waals surface area contributed by atoms with Crippen LogP contribution in [0, 0.1) is 5.92 Å². The molecule has 0 aromatic heterocycles. The van der Waals surface area contributed by atoms with Gasteiger partial charge in [0.2, 0.25) is 41.4 Å². The van der Waals surface area contributed by atoms with Crippen LogP contribution in [0.1, 0.15) is 39.5 Å². The summed E-state index contributed by atoms with van der Waals surface area (Å²) in [6.07, 6.45) is -1.40. The third-order valence-corrected chi connectivity index (χ3v) is 5.32. The van der Waals surface area contributed by atoms with Crippen LogP contribution in [0.4, 0.5) is 0 Å². The van der Waals surface area contributed by atoms with Gasteiger partial charge < -0.3 is 54.0 Å². The number of amides is 7. The minimum absolute atomic E-state index is 0.319. The molecule has 18 heteroatoms. The Hall–Kier alpha value is -4.32. The zero-order valence-corrected chi connectivity index (χ0v) is 22.2. The van der Waals surface area contributed by atoms with Gasteiger partial charge in [-0.15, -0.1) is 0 Å². The predicted octanol–water partition coefficient (Wildman–Crippen LogP) is -5.74. The third kappa shape index (κ3) is 14.0. The van der Waals surface area contributed by atoms with Crippen molar-refractivity contribution >= 4 is 47.3 Å². The molecule has 0 aromatic rings. The van der Waals surface area contributed by atoms with Gasteiger partial charge in [0, 0.05) is 12.8 Å². The van der Waals surface area contributed by atoms with Gasteiger partial charge in [-0.3, -0.25) is 33.6 Å². The molecule has 0 heterocycles. The number of carboxylic acid groups (broad SMARTS) is 1. The van der Waals surface area contributed by atoms with E-state index in [0.29, 0.717) is 0 Å². The average Bonchev–Trinajstić information content (AvgIpc) is 2.87. The predicted molar refractivity (Wildman–Crippen MR) is 136 cm³/mol. The molecule has 0 saturated heterocycles. The van der Waals surface area contributed by atoms with Crippen molar-refractivity contribution in [3.63, 3.8) is 0 Å². The van der Waals surface area contributed by atoms with Crippen LogP contribution in [0.5, 0.6) is 0 Å². The van der Waals surface area contributed by atoms with E-state index in [1.165, 1.54) is 0 Å². The van der Waals surface area contributed by atoms with Gasteiger partial charge >= 0.3 is 5.97 Å². The fourth-order valence-corrected chi connectivity index (χ4v) is 3.13. The maximum Gasteiger partial charge on any atom is 0.326 e. The normalized spacial score (nSPS) is 13.6. The standard InChI is InChI=1S/C22H38N8O10/c1-10(2)18(22(39)40)30-17(35)8-26-19(36)11(3-5-14(24)32)28-20(37)12(4-6-15(25)33)29-21(38)13(9-31)27-16(34)7-23/h10-13,18,31H,3-9,23H2,1-2H3,(H2,24,32)(H2,25,33)(H,26,36)(H,27,34)(H,28,37)(H,29,38)(H,30,35)(H,39,40). The molecule has 0 aromatic carbocycles. The minimum atomic E-state index is -1.49. The lowest BCUT2D eigenvalue weighted by Crippen LogP contribution is -2.58. The molecule has 7 amide bonds. The lowest BCUT2D eigenvalue weighted by atomic mass is 10.0. The Labute approximate surface area is 229 Å². The molecule has 0 saturated carbocycles. The highest BCUT2D eigenvalue weighted by molar-refractivity contribution is 5.95. The van der Waals surface area contributed by atoms with Crippen molar-refractivity contribution in [3.05, 3.63) is 0 Å². The molecule has 0 aliphatic rings. The Balaban J connectivity index is 5.61. The largest absolute Gasteiger partial charge is 0.480 e. The van der Waals surface area contributed by atoms with Crippen LogP contribution in [0.15, 0.2) is 0 Å². The Kier molecular flexibility index (Phi) is 16.1. The summed E-state index contributed by atoms with van der Waals surface area (Å²) in [7, 11) is 0. The fourth-order valence-electron chi connectivity index (χ4n) is 3.13. The zero-order valence-electron chi connectivity index (χ0n) is 22.2. The molecule has 226 valence electrons. The van der Waals surface area contributed by atoms with Gasteiger partial charge in [-0.05, 0) is 18.8 Å². The number of nitrogens with one attached hydrogen (secondary N) is 5. The van der Waals surface area contributed by atoms with Crippen LogP contribution in [-0.4, -0.2) is 101 Å². The lowest BCUT2D eigenvalue weighted by Gasteiger charge is -2.24. The van der Waals surface area contributed by atoms with Crippen molar-refractivity contribution in [2.24, 2.45) is 23.1 Å². The van der Waals surface area contributed by atoms with Crippen LogP contribution in [0.2, 0.25) is 0 Å². The smallest absolute Gasteiger partial charge is 0.326 e. The molecule has 13 N–H and O–H groups in total. The number of hydrogen-bond acceptors (Lipinski definition) is 10. The van der Waals surface area contributed by atoms with Crippen LogP contribution in [0.3, 0.4) is 0 Å². The molecule has 40 heavy (non-hydrogen) atoms. The number of primary amides is 2. The van der Waals surface area contributed by atoms with Gasteiger partial charge in [0.1, 0.15) is 24.2 Å². The number of aliphatic carboxylic acids is 1. The molecular formula is C22H38N8O10. The molecule has 4 atom stereocenters. The maximum absolute atomic E-state index is 13.0. The van der Waals surface area contributed by atoms with Gasteiger partial charge in [0.25, 0.3) is 0 Å². The molecule has 0 fully saturated rings. The monoisotopic (exact) mass is 574 g/mol. The van der Waals surface area contributed by atoms with Crippen LogP contribution >= 0.6 is 0 Å². The van der Waals surface area contributed by atoms with Crippen molar-refractivity contribution in [1.29, 1.82) is 0 Å². The number of carbonyl (C=O) groups excluding carboxylic acids is 7. The van der Waals surface area contributed by atoms with Gasteiger partial charge in [-0.25, -0.2) is 4.79 Å². The molecule has 18 nitrogen and oxygen atoms in total. The first-order chi connectivity index (χ1) is 18.6. The summed E-state index contributed by atoms with van der Waals surface area (Å²) < 4.78 is 0. The summed E-state index contributed by atoms with van der Waals surface area (Å²) in [6, 6.07) is -5.65. The van der Waals surface area contributed by atoms with E-state index in [4.69, 9.17) is 17.2 Å². The van der Waals surface area contributed by atoms with Crippen LogP contribution < -0.4 is 43.8 Å². The summed E-state index contributed by atoms with van der Waals surface area (Å²) in [5.74, 6) is -7.94. The van der Waals surface area contributed by atoms with E-state index >= 15 is 0 Å². The number of carboxylic acids is 1. The van der Waals surface area contributed by atoms with Crippen molar-refractivity contribution in [1.82, 2.24) is 26.6 Å². The highest BCUT2D eigenvalue weighted by Gasteiger charge is 2.30. The van der Waals surface area contributed by atoms with Crippen molar-refractivity contribution in [3.8, 4) is 0 Å².